The third-order valence-corrected chi connectivity index (χ3v) is 6.23. The van der Waals surface area contributed by atoms with Crippen molar-refractivity contribution in [2.75, 3.05) is 6.61 Å². The van der Waals surface area contributed by atoms with Gasteiger partial charge in [0.05, 0.1) is 0 Å². The molecule has 234 valence electrons. The van der Waals surface area contributed by atoms with Gasteiger partial charge in [0, 0.05) is 45.4 Å². The number of rotatable bonds is 8. The molecule has 1 fully saturated rings. The minimum absolute atomic E-state index is 0.116. The van der Waals surface area contributed by atoms with Gasteiger partial charge in [0.25, 0.3) is 0 Å². The molecule has 0 bridgehead atoms. The van der Waals surface area contributed by atoms with Gasteiger partial charge < -0.3 is 48.2 Å². The first kappa shape index (κ1) is 31.6. The Morgan fingerprint density at radius 1 is 0.773 bits per heavy atom. The Labute approximate surface area is 248 Å². The van der Waals surface area contributed by atoms with E-state index in [1.807, 2.05) is 0 Å². The highest BCUT2D eigenvalue weighted by Gasteiger charge is 2.53. The zero-order valence-electron chi connectivity index (χ0n) is 23.8. The summed E-state index contributed by atoms with van der Waals surface area (Å²) in [5, 5.41) is 29.9. The van der Waals surface area contributed by atoms with Gasteiger partial charge >= 0.3 is 23.9 Å². The monoisotopic (exact) mass is 616 g/mol. The van der Waals surface area contributed by atoms with Gasteiger partial charge in [0.15, 0.2) is 18.0 Å². The van der Waals surface area contributed by atoms with Gasteiger partial charge in [-0.2, -0.15) is 0 Å². The van der Waals surface area contributed by atoms with Crippen LogP contribution in [0.2, 0.25) is 0 Å². The van der Waals surface area contributed by atoms with E-state index in [0.29, 0.717) is 0 Å². The zero-order valence-corrected chi connectivity index (χ0v) is 23.8. The van der Waals surface area contributed by atoms with Crippen LogP contribution in [0, 0.1) is 0 Å². The standard InChI is InChI=1S/C29H28O15/c1-12(30)38-11-21-25(39-13(2)31)27(40-14(3)32)28(41-15(4)33)29(43-21)44-26-23(37)22-19(36)9-18(35)10-20(22)42-24(26)16-5-7-17(34)8-6-16/h5-10,21,25,27-29,34-36H,11H2,1-4H3/t21-,25-,27+,28-,29+/m1/s1. The maximum absolute atomic E-state index is 13.8. The molecule has 44 heavy (non-hydrogen) atoms. The van der Waals surface area contributed by atoms with Crippen molar-refractivity contribution in [1.82, 2.24) is 0 Å². The lowest BCUT2D eigenvalue weighted by molar-refractivity contribution is -0.288. The summed E-state index contributed by atoms with van der Waals surface area (Å²) in [4.78, 5) is 61.8. The van der Waals surface area contributed by atoms with Crippen molar-refractivity contribution < 1.29 is 67.3 Å². The second kappa shape index (κ2) is 12.9. The highest BCUT2D eigenvalue weighted by atomic mass is 16.7. The molecule has 1 aromatic heterocycles. The van der Waals surface area contributed by atoms with E-state index in [0.717, 1.165) is 39.8 Å². The highest BCUT2D eigenvalue weighted by molar-refractivity contribution is 5.88. The van der Waals surface area contributed by atoms with Gasteiger partial charge in [-0.15, -0.1) is 0 Å². The average Bonchev–Trinajstić information content (AvgIpc) is 2.91. The van der Waals surface area contributed by atoms with Gasteiger partial charge in [-0.1, -0.05) is 0 Å². The van der Waals surface area contributed by atoms with Crippen LogP contribution in [-0.4, -0.2) is 76.5 Å². The number of hydrogen-bond donors (Lipinski definition) is 3. The van der Waals surface area contributed by atoms with Crippen molar-refractivity contribution in [2.24, 2.45) is 0 Å². The molecular weight excluding hydrogens is 588 g/mol. The summed E-state index contributed by atoms with van der Waals surface area (Å²) in [5.74, 6) is -5.40. The van der Waals surface area contributed by atoms with Crippen molar-refractivity contribution in [3.8, 4) is 34.3 Å². The van der Waals surface area contributed by atoms with E-state index < -0.39 is 89.3 Å². The normalized spacial score (nSPS) is 21.2. The van der Waals surface area contributed by atoms with E-state index in [4.69, 9.17) is 32.8 Å². The van der Waals surface area contributed by atoms with Crippen LogP contribution < -0.4 is 10.2 Å². The third kappa shape index (κ3) is 7.00. The summed E-state index contributed by atoms with van der Waals surface area (Å²) in [6.45, 7) is 3.70. The smallest absolute Gasteiger partial charge is 0.303 e. The summed E-state index contributed by atoms with van der Waals surface area (Å²) < 4.78 is 39.0. The minimum atomic E-state index is -1.80. The molecule has 1 aliphatic rings. The first-order chi connectivity index (χ1) is 20.7. The van der Waals surface area contributed by atoms with Gasteiger partial charge in [-0.3, -0.25) is 24.0 Å². The summed E-state index contributed by atoms with van der Waals surface area (Å²) in [6.07, 6.45) is -7.92. The Morgan fingerprint density at radius 3 is 1.95 bits per heavy atom. The number of esters is 4. The number of fused-ring (bicyclic) bond motifs is 1. The van der Waals surface area contributed by atoms with Crippen LogP contribution in [0.3, 0.4) is 0 Å². The fraction of sp³-hybridized carbons (Fsp3) is 0.345. The number of hydrogen-bond acceptors (Lipinski definition) is 15. The molecule has 0 aliphatic carbocycles. The SMILES string of the molecule is CC(=O)OC[C@H]1O[C@@H](Oc2c(-c3ccc(O)cc3)oc3cc(O)cc(O)c3c2=O)[C@H](OC(C)=O)[C@@H](OC(C)=O)[C@@H]1OC(C)=O. The first-order valence-electron chi connectivity index (χ1n) is 13.0. The molecule has 3 aromatic rings. The zero-order chi connectivity index (χ0) is 32.3. The van der Waals surface area contributed by atoms with Crippen LogP contribution in [-0.2, 0) is 42.9 Å². The highest BCUT2D eigenvalue weighted by Crippen LogP contribution is 2.38. The minimum Gasteiger partial charge on any atom is -0.508 e. The van der Waals surface area contributed by atoms with E-state index in [1.165, 1.54) is 24.3 Å². The predicted molar refractivity (Wildman–Crippen MR) is 145 cm³/mol. The van der Waals surface area contributed by atoms with Crippen LogP contribution in [0.15, 0.2) is 45.6 Å². The van der Waals surface area contributed by atoms with Gasteiger partial charge in [-0.05, 0) is 24.3 Å². The third-order valence-electron chi connectivity index (χ3n) is 6.23. The molecule has 0 unspecified atom stereocenters. The number of phenolic OH excluding ortho intramolecular Hbond substituents is 3. The Balaban J connectivity index is 1.92. The van der Waals surface area contributed by atoms with Crippen molar-refractivity contribution >= 4 is 34.8 Å². The van der Waals surface area contributed by atoms with E-state index >= 15 is 0 Å². The predicted octanol–water partition coefficient (Wildman–Crippen LogP) is 2.04. The lowest BCUT2D eigenvalue weighted by Gasteiger charge is -2.43. The lowest BCUT2D eigenvalue weighted by Crippen LogP contribution is -2.63. The number of carbonyl (C=O) groups excluding carboxylic acids is 4. The maximum atomic E-state index is 13.8. The summed E-state index contributed by atoms with van der Waals surface area (Å²) in [6, 6.07) is 7.31. The number of carbonyl (C=O) groups is 4. The molecule has 0 saturated carbocycles. The largest absolute Gasteiger partial charge is 0.508 e. The second-order valence-corrected chi connectivity index (χ2v) is 9.66. The molecule has 0 amide bonds. The molecule has 0 spiro atoms. The summed E-state index contributed by atoms with van der Waals surface area (Å²) in [5.41, 5.74) is -1.01. The molecule has 1 aliphatic heterocycles. The lowest BCUT2D eigenvalue weighted by atomic mass is 9.98. The fourth-order valence-electron chi connectivity index (χ4n) is 4.58. The number of benzene rings is 2. The second-order valence-electron chi connectivity index (χ2n) is 9.66. The molecule has 1 saturated heterocycles. The summed E-state index contributed by atoms with van der Waals surface area (Å²) >= 11 is 0. The van der Waals surface area contributed by atoms with Gasteiger partial charge in [0.2, 0.25) is 23.6 Å². The van der Waals surface area contributed by atoms with Gasteiger partial charge in [-0.25, -0.2) is 0 Å². The summed E-state index contributed by atoms with van der Waals surface area (Å²) in [7, 11) is 0. The molecule has 5 atom stereocenters. The van der Waals surface area contributed by atoms with Crippen LogP contribution in [0.4, 0.5) is 0 Å². The Bertz CT molecular complexity index is 1640. The molecule has 4 rings (SSSR count). The molecular formula is C29H28O15. The Hall–Kier alpha value is -5.31. The Morgan fingerprint density at radius 2 is 1.36 bits per heavy atom. The van der Waals surface area contributed by atoms with Crippen LogP contribution in [0.1, 0.15) is 27.7 Å². The van der Waals surface area contributed by atoms with Crippen molar-refractivity contribution in [1.29, 1.82) is 0 Å². The molecule has 2 aromatic carbocycles. The number of ether oxygens (including phenoxy) is 6. The van der Waals surface area contributed by atoms with E-state index in [2.05, 4.69) is 0 Å². The van der Waals surface area contributed by atoms with E-state index in [-0.39, 0.29) is 22.7 Å². The fourth-order valence-corrected chi connectivity index (χ4v) is 4.58. The average molecular weight is 617 g/mol. The van der Waals surface area contributed by atoms with Crippen LogP contribution >= 0.6 is 0 Å². The number of aromatic hydroxyl groups is 3. The van der Waals surface area contributed by atoms with Crippen LogP contribution in [0.25, 0.3) is 22.3 Å². The molecule has 15 nitrogen and oxygen atoms in total. The number of phenols is 3. The molecule has 15 heteroatoms. The van der Waals surface area contributed by atoms with E-state index in [9.17, 15) is 39.3 Å². The maximum Gasteiger partial charge on any atom is 0.303 e. The van der Waals surface area contributed by atoms with Crippen molar-refractivity contribution in [3.63, 3.8) is 0 Å². The van der Waals surface area contributed by atoms with Gasteiger partial charge in [0.1, 0.15) is 40.9 Å². The molecule has 0 radical (unpaired) electrons. The molecule has 2 heterocycles. The van der Waals surface area contributed by atoms with E-state index in [1.54, 1.807) is 0 Å². The first-order valence-corrected chi connectivity index (χ1v) is 13.0. The quantitative estimate of drug-likeness (QED) is 0.244. The van der Waals surface area contributed by atoms with Crippen LogP contribution in [0.5, 0.6) is 23.0 Å². The van der Waals surface area contributed by atoms with Crippen molar-refractivity contribution in [3.05, 3.63) is 46.6 Å². The molecule has 3 N–H and O–H groups in total. The topological polar surface area (TPSA) is 215 Å². The van der Waals surface area contributed by atoms with Crippen molar-refractivity contribution in [2.45, 2.75) is 58.4 Å². The Kier molecular flexibility index (Phi) is 9.28.